The molecule has 0 aliphatic heterocycles. The van der Waals surface area contributed by atoms with Crippen LogP contribution < -0.4 is 9.47 Å². The third kappa shape index (κ3) is 3.99. The average molecular weight is 337 g/mol. The summed E-state index contributed by atoms with van der Waals surface area (Å²) in [5, 5.41) is 0. The molecule has 0 spiro atoms. The van der Waals surface area contributed by atoms with Gasteiger partial charge in [-0.05, 0) is 41.5 Å². The molecule has 0 radical (unpaired) electrons. The van der Waals surface area contributed by atoms with Gasteiger partial charge < -0.3 is 14.2 Å². The first-order valence-electron chi connectivity index (χ1n) is 6.26. The van der Waals surface area contributed by atoms with Gasteiger partial charge in [-0.2, -0.15) is 0 Å². The Morgan fingerprint density at radius 1 is 0.850 bits per heavy atom. The molecule has 106 valence electrons. The third-order valence-electron chi connectivity index (χ3n) is 2.94. The van der Waals surface area contributed by atoms with Crippen LogP contribution in [0.15, 0.2) is 46.9 Å². The lowest BCUT2D eigenvalue weighted by Crippen LogP contribution is -1.96. The first-order valence-corrected chi connectivity index (χ1v) is 7.05. The Morgan fingerprint density at radius 2 is 1.50 bits per heavy atom. The van der Waals surface area contributed by atoms with E-state index in [1.807, 2.05) is 42.5 Å². The van der Waals surface area contributed by atoms with E-state index >= 15 is 0 Å². The number of ether oxygens (including phenoxy) is 3. The van der Waals surface area contributed by atoms with E-state index in [0.717, 1.165) is 27.1 Å². The highest BCUT2D eigenvalue weighted by molar-refractivity contribution is 9.10. The fourth-order valence-electron chi connectivity index (χ4n) is 1.79. The van der Waals surface area contributed by atoms with Crippen LogP contribution in [0, 0.1) is 0 Å². The highest BCUT2D eigenvalue weighted by atomic mass is 79.9. The normalized spacial score (nSPS) is 10.3. The summed E-state index contributed by atoms with van der Waals surface area (Å²) in [4.78, 5) is 0. The summed E-state index contributed by atoms with van der Waals surface area (Å²) in [6.45, 7) is 1.09. The molecule has 3 nitrogen and oxygen atoms in total. The van der Waals surface area contributed by atoms with Crippen molar-refractivity contribution >= 4 is 15.9 Å². The van der Waals surface area contributed by atoms with Crippen molar-refractivity contribution in [3.63, 3.8) is 0 Å². The summed E-state index contributed by atoms with van der Waals surface area (Å²) in [7, 11) is 3.32. The minimum absolute atomic E-state index is 0.532. The molecule has 2 aromatic carbocycles. The zero-order valence-electron chi connectivity index (χ0n) is 11.6. The molecule has 0 N–H and O–H groups in total. The zero-order chi connectivity index (χ0) is 14.4. The number of benzene rings is 2. The van der Waals surface area contributed by atoms with Gasteiger partial charge >= 0.3 is 0 Å². The van der Waals surface area contributed by atoms with Gasteiger partial charge in [-0.1, -0.05) is 28.1 Å². The van der Waals surface area contributed by atoms with Gasteiger partial charge in [-0.3, -0.25) is 0 Å². The van der Waals surface area contributed by atoms with Crippen LogP contribution in [0.4, 0.5) is 0 Å². The molecule has 4 heteroatoms. The van der Waals surface area contributed by atoms with Crippen LogP contribution in [-0.2, 0) is 18.0 Å². The summed E-state index contributed by atoms with van der Waals surface area (Å²) < 4.78 is 17.1. The number of hydrogen-bond acceptors (Lipinski definition) is 3. The van der Waals surface area contributed by atoms with E-state index in [9.17, 15) is 0 Å². The molecule has 0 heterocycles. The molecular weight excluding hydrogens is 320 g/mol. The highest BCUT2D eigenvalue weighted by Crippen LogP contribution is 2.23. The SMILES string of the molecule is COc1ccc(COCc2cc(OC)ccc2Br)cc1. The Labute approximate surface area is 127 Å². The molecule has 20 heavy (non-hydrogen) atoms. The van der Waals surface area contributed by atoms with Crippen molar-refractivity contribution in [3.8, 4) is 11.5 Å². The van der Waals surface area contributed by atoms with Gasteiger partial charge in [0.2, 0.25) is 0 Å². The minimum Gasteiger partial charge on any atom is -0.497 e. The fraction of sp³-hybridized carbons (Fsp3) is 0.250. The molecule has 0 aliphatic carbocycles. The summed E-state index contributed by atoms with van der Waals surface area (Å²) in [5.74, 6) is 1.68. The van der Waals surface area contributed by atoms with Crippen LogP contribution in [0.1, 0.15) is 11.1 Å². The van der Waals surface area contributed by atoms with Gasteiger partial charge in [-0.15, -0.1) is 0 Å². The molecule has 0 aliphatic rings. The number of halogens is 1. The van der Waals surface area contributed by atoms with Crippen molar-refractivity contribution < 1.29 is 14.2 Å². The van der Waals surface area contributed by atoms with Gasteiger partial charge in [0.25, 0.3) is 0 Å². The predicted molar refractivity (Wildman–Crippen MR) is 82.2 cm³/mol. The lowest BCUT2D eigenvalue weighted by atomic mass is 10.2. The van der Waals surface area contributed by atoms with Crippen LogP contribution in [0.5, 0.6) is 11.5 Å². The van der Waals surface area contributed by atoms with E-state index in [-0.39, 0.29) is 0 Å². The molecule has 0 saturated heterocycles. The maximum Gasteiger partial charge on any atom is 0.119 e. The molecule has 0 atom stereocenters. The summed E-state index contributed by atoms with van der Waals surface area (Å²) in [5.41, 5.74) is 2.18. The van der Waals surface area contributed by atoms with Gasteiger partial charge in [-0.25, -0.2) is 0 Å². The van der Waals surface area contributed by atoms with Crippen LogP contribution in [-0.4, -0.2) is 14.2 Å². The third-order valence-corrected chi connectivity index (χ3v) is 3.71. The van der Waals surface area contributed by atoms with Gasteiger partial charge in [0.1, 0.15) is 11.5 Å². The topological polar surface area (TPSA) is 27.7 Å². The van der Waals surface area contributed by atoms with Crippen molar-refractivity contribution in [3.05, 3.63) is 58.1 Å². The monoisotopic (exact) mass is 336 g/mol. The number of rotatable bonds is 6. The van der Waals surface area contributed by atoms with Crippen LogP contribution in [0.3, 0.4) is 0 Å². The second-order valence-corrected chi connectivity index (χ2v) is 5.15. The van der Waals surface area contributed by atoms with Crippen LogP contribution >= 0.6 is 15.9 Å². The highest BCUT2D eigenvalue weighted by Gasteiger charge is 2.03. The molecule has 2 rings (SSSR count). The van der Waals surface area contributed by atoms with E-state index in [1.54, 1.807) is 14.2 Å². The summed E-state index contributed by atoms with van der Waals surface area (Å²) >= 11 is 3.51. The lowest BCUT2D eigenvalue weighted by Gasteiger charge is -2.09. The predicted octanol–water partition coefficient (Wildman–Crippen LogP) is 4.18. The second kappa shape index (κ2) is 7.31. The van der Waals surface area contributed by atoms with E-state index in [1.165, 1.54) is 0 Å². The second-order valence-electron chi connectivity index (χ2n) is 4.30. The molecule has 0 bridgehead atoms. The average Bonchev–Trinajstić information content (AvgIpc) is 2.50. The standard InChI is InChI=1S/C16H17BrO3/c1-18-14-5-3-12(4-6-14)10-20-11-13-9-15(19-2)7-8-16(13)17/h3-9H,10-11H2,1-2H3. The van der Waals surface area contributed by atoms with Gasteiger partial charge in [0.15, 0.2) is 0 Å². The summed E-state index contributed by atoms with van der Waals surface area (Å²) in [6.07, 6.45) is 0. The van der Waals surface area contributed by atoms with Crippen molar-refractivity contribution in [1.29, 1.82) is 0 Å². The van der Waals surface area contributed by atoms with Crippen molar-refractivity contribution in [2.75, 3.05) is 14.2 Å². The maximum atomic E-state index is 5.73. The first kappa shape index (κ1) is 14.9. The maximum absolute atomic E-state index is 5.73. The van der Waals surface area contributed by atoms with Crippen molar-refractivity contribution in [2.24, 2.45) is 0 Å². The Balaban J connectivity index is 1.91. The Kier molecular flexibility index (Phi) is 5.44. The van der Waals surface area contributed by atoms with E-state index < -0.39 is 0 Å². The van der Waals surface area contributed by atoms with Crippen molar-refractivity contribution in [2.45, 2.75) is 13.2 Å². The number of methoxy groups -OCH3 is 2. The molecule has 0 fully saturated rings. The minimum atomic E-state index is 0.532. The van der Waals surface area contributed by atoms with Gasteiger partial charge in [0, 0.05) is 4.47 Å². The Bertz CT molecular complexity index is 552. The zero-order valence-corrected chi connectivity index (χ0v) is 13.1. The summed E-state index contributed by atoms with van der Waals surface area (Å²) in [6, 6.07) is 13.7. The first-order chi connectivity index (χ1) is 9.72. The van der Waals surface area contributed by atoms with E-state index in [0.29, 0.717) is 13.2 Å². The molecule has 0 saturated carbocycles. The molecular formula is C16H17BrO3. The Morgan fingerprint density at radius 3 is 2.15 bits per heavy atom. The lowest BCUT2D eigenvalue weighted by molar-refractivity contribution is 0.106. The number of hydrogen-bond donors (Lipinski definition) is 0. The molecule has 0 aromatic heterocycles. The van der Waals surface area contributed by atoms with Crippen LogP contribution in [0.25, 0.3) is 0 Å². The van der Waals surface area contributed by atoms with Crippen molar-refractivity contribution in [1.82, 2.24) is 0 Å². The smallest absolute Gasteiger partial charge is 0.119 e. The van der Waals surface area contributed by atoms with E-state index in [4.69, 9.17) is 14.2 Å². The molecule has 0 amide bonds. The van der Waals surface area contributed by atoms with E-state index in [2.05, 4.69) is 15.9 Å². The quantitative estimate of drug-likeness (QED) is 0.791. The Hall–Kier alpha value is -1.52. The van der Waals surface area contributed by atoms with Gasteiger partial charge in [0.05, 0.1) is 27.4 Å². The van der Waals surface area contributed by atoms with Crippen LogP contribution in [0.2, 0.25) is 0 Å². The fourth-order valence-corrected chi connectivity index (χ4v) is 2.15. The molecule has 2 aromatic rings. The molecule has 0 unspecified atom stereocenters. The largest absolute Gasteiger partial charge is 0.497 e.